The van der Waals surface area contributed by atoms with E-state index < -0.39 is 5.97 Å². The molecule has 2 aromatic heterocycles. The van der Waals surface area contributed by atoms with Crippen molar-refractivity contribution in [3.63, 3.8) is 0 Å². The number of methoxy groups -OCH3 is 1. The van der Waals surface area contributed by atoms with Gasteiger partial charge in [0.2, 0.25) is 5.91 Å². The number of aryl methyl sites for hydroxylation is 1. The largest absolute Gasteiger partial charge is 0.496 e. The number of thioether (sulfide) groups is 1. The summed E-state index contributed by atoms with van der Waals surface area (Å²) < 4.78 is 12.4. The molecule has 1 aromatic carbocycles. The first-order chi connectivity index (χ1) is 15.0. The predicted molar refractivity (Wildman–Crippen MR) is 120 cm³/mol. The normalized spacial score (nSPS) is 10.7. The summed E-state index contributed by atoms with van der Waals surface area (Å²) in [6.07, 6.45) is 0. The fourth-order valence-electron chi connectivity index (χ4n) is 2.83. The smallest absolute Gasteiger partial charge is 0.350 e. The van der Waals surface area contributed by atoms with Crippen molar-refractivity contribution >= 4 is 40.1 Å². The van der Waals surface area contributed by atoms with Gasteiger partial charge >= 0.3 is 5.97 Å². The summed E-state index contributed by atoms with van der Waals surface area (Å²) in [6, 6.07) is 7.59. The van der Waals surface area contributed by atoms with Crippen LogP contribution in [0, 0.1) is 6.92 Å². The third kappa shape index (κ3) is 5.23. The molecule has 0 aliphatic carbocycles. The Bertz CT molecular complexity index is 1080. The standard InChI is InChI=1S/C20H23N5O4S2/c1-5-25-17(13-9-7-8-10-14(13)28-4)23-24-20(25)30-11-15(26)22-19-21-12(3)16(31-19)18(27)29-6-2/h7-10H,5-6,11H2,1-4H3,(H,21,22,26). The molecule has 0 fully saturated rings. The lowest BCUT2D eigenvalue weighted by Gasteiger charge is -2.10. The highest BCUT2D eigenvalue weighted by molar-refractivity contribution is 7.99. The van der Waals surface area contributed by atoms with Crippen LogP contribution in [0.4, 0.5) is 5.13 Å². The maximum atomic E-state index is 12.4. The fourth-order valence-corrected chi connectivity index (χ4v) is 4.51. The van der Waals surface area contributed by atoms with Crippen LogP contribution >= 0.6 is 23.1 Å². The third-order valence-electron chi connectivity index (χ3n) is 4.22. The molecule has 0 bridgehead atoms. The minimum absolute atomic E-state index is 0.122. The minimum Gasteiger partial charge on any atom is -0.496 e. The zero-order valence-electron chi connectivity index (χ0n) is 17.7. The van der Waals surface area contributed by atoms with E-state index in [0.29, 0.717) is 39.0 Å². The van der Waals surface area contributed by atoms with Crippen molar-refractivity contribution in [2.45, 2.75) is 32.5 Å². The lowest BCUT2D eigenvalue weighted by atomic mass is 10.2. The van der Waals surface area contributed by atoms with Crippen molar-refractivity contribution < 1.29 is 19.1 Å². The van der Waals surface area contributed by atoms with Gasteiger partial charge in [0.25, 0.3) is 0 Å². The number of esters is 1. The third-order valence-corrected chi connectivity index (χ3v) is 6.24. The van der Waals surface area contributed by atoms with E-state index in [9.17, 15) is 9.59 Å². The molecule has 0 saturated carbocycles. The van der Waals surface area contributed by atoms with Crippen LogP contribution in [0.2, 0.25) is 0 Å². The average molecular weight is 462 g/mol. The number of carbonyl (C=O) groups excluding carboxylic acids is 2. The van der Waals surface area contributed by atoms with Crippen molar-refractivity contribution in [2.24, 2.45) is 0 Å². The van der Waals surface area contributed by atoms with Gasteiger partial charge in [-0.1, -0.05) is 35.2 Å². The molecule has 3 rings (SSSR count). The summed E-state index contributed by atoms with van der Waals surface area (Å²) in [4.78, 5) is 29.0. The van der Waals surface area contributed by atoms with Gasteiger partial charge in [-0.3, -0.25) is 4.79 Å². The van der Waals surface area contributed by atoms with Crippen LogP contribution in [-0.2, 0) is 16.1 Å². The van der Waals surface area contributed by atoms with E-state index in [1.807, 2.05) is 35.8 Å². The molecule has 0 radical (unpaired) electrons. The summed E-state index contributed by atoms with van der Waals surface area (Å²) in [6.45, 7) is 6.35. The number of aromatic nitrogens is 4. The van der Waals surface area contributed by atoms with E-state index >= 15 is 0 Å². The van der Waals surface area contributed by atoms with Crippen LogP contribution in [0.25, 0.3) is 11.4 Å². The van der Waals surface area contributed by atoms with Gasteiger partial charge < -0.3 is 19.4 Å². The highest BCUT2D eigenvalue weighted by Gasteiger charge is 2.19. The van der Waals surface area contributed by atoms with E-state index in [1.54, 1.807) is 21.0 Å². The van der Waals surface area contributed by atoms with Crippen LogP contribution in [0.15, 0.2) is 29.4 Å². The summed E-state index contributed by atoms with van der Waals surface area (Å²) in [5.41, 5.74) is 1.36. The number of thiazole rings is 1. The van der Waals surface area contributed by atoms with Crippen molar-refractivity contribution in [3.05, 3.63) is 34.8 Å². The minimum atomic E-state index is -0.438. The van der Waals surface area contributed by atoms with Gasteiger partial charge in [-0.25, -0.2) is 9.78 Å². The number of hydrogen-bond donors (Lipinski definition) is 1. The van der Waals surface area contributed by atoms with Crippen molar-refractivity contribution in [2.75, 3.05) is 24.8 Å². The Balaban J connectivity index is 1.68. The van der Waals surface area contributed by atoms with E-state index in [4.69, 9.17) is 9.47 Å². The number of hydrogen-bond acceptors (Lipinski definition) is 9. The molecule has 9 nitrogen and oxygen atoms in total. The van der Waals surface area contributed by atoms with E-state index in [0.717, 1.165) is 16.9 Å². The first kappa shape index (κ1) is 22.8. The second-order valence-corrected chi connectivity index (χ2v) is 8.18. The zero-order valence-corrected chi connectivity index (χ0v) is 19.3. The monoisotopic (exact) mass is 461 g/mol. The SMILES string of the molecule is CCOC(=O)c1sc(NC(=O)CSc2nnc(-c3ccccc3OC)n2CC)nc1C. The molecular formula is C20H23N5O4S2. The lowest BCUT2D eigenvalue weighted by Crippen LogP contribution is -2.14. The second kappa shape index (κ2) is 10.4. The van der Waals surface area contributed by atoms with E-state index in [2.05, 4.69) is 20.5 Å². The molecule has 0 aliphatic heterocycles. The Morgan fingerprint density at radius 3 is 2.71 bits per heavy atom. The molecule has 2 heterocycles. The number of rotatable bonds is 9. The summed E-state index contributed by atoms with van der Waals surface area (Å²) >= 11 is 2.37. The molecule has 0 unspecified atom stereocenters. The van der Waals surface area contributed by atoms with Crippen LogP contribution in [0.5, 0.6) is 5.75 Å². The number of nitrogens with zero attached hydrogens (tertiary/aromatic N) is 4. The Hall–Kier alpha value is -2.92. The number of benzene rings is 1. The van der Waals surface area contributed by atoms with Gasteiger partial charge in [-0.05, 0) is 32.9 Å². The summed E-state index contributed by atoms with van der Waals surface area (Å²) in [5, 5.41) is 12.3. The van der Waals surface area contributed by atoms with Crippen LogP contribution in [0.3, 0.4) is 0 Å². The first-order valence-corrected chi connectivity index (χ1v) is 11.4. The second-order valence-electron chi connectivity index (χ2n) is 6.24. The fraction of sp³-hybridized carbons (Fsp3) is 0.350. The Labute approximate surface area is 188 Å². The molecule has 31 heavy (non-hydrogen) atoms. The molecule has 0 saturated heterocycles. The van der Waals surface area contributed by atoms with Crippen molar-refractivity contribution in [3.8, 4) is 17.1 Å². The van der Waals surface area contributed by atoms with Gasteiger partial charge in [0, 0.05) is 6.54 Å². The Kier molecular flexibility index (Phi) is 7.64. The van der Waals surface area contributed by atoms with E-state index in [-0.39, 0.29) is 18.3 Å². The number of ether oxygens (including phenoxy) is 2. The molecule has 1 N–H and O–H groups in total. The summed E-state index contributed by atoms with van der Waals surface area (Å²) in [7, 11) is 1.61. The summed E-state index contributed by atoms with van der Waals surface area (Å²) in [5.74, 6) is 0.816. The Morgan fingerprint density at radius 2 is 2.00 bits per heavy atom. The van der Waals surface area contributed by atoms with Crippen LogP contribution in [-0.4, -0.2) is 51.1 Å². The van der Waals surface area contributed by atoms with Gasteiger partial charge in [0.1, 0.15) is 10.6 Å². The quantitative estimate of drug-likeness (QED) is 0.380. The van der Waals surface area contributed by atoms with Gasteiger partial charge in [0.05, 0.1) is 30.7 Å². The maximum Gasteiger partial charge on any atom is 0.350 e. The van der Waals surface area contributed by atoms with Crippen molar-refractivity contribution in [1.29, 1.82) is 0 Å². The molecule has 0 spiro atoms. The molecule has 164 valence electrons. The zero-order chi connectivity index (χ0) is 22.4. The molecule has 11 heteroatoms. The molecule has 0 aliphatic rings. The maximum absolute atomic E-state index is 12.4. The number of nitrogens with one attached hydrogen (secondary N) is 1. The Morgan fingerprint density at radius 1 is 1.23 bits per heavy atom. The van der Waals surface area contributed by atoms with Crippen LogP contribution < -0.4 is 10.1 Å². The molecular weight excluding hydrogens is 438 g/mol. The first-order valence-electron chi connectivity index (χ1n) is 9.62. The number of amides is 1. The highest BCUT2D eigenvalue weighted by atomic mass is 32.2. The molecule has 3 aromatic rings. The number of para-hydroxylation sites is 1. The highest BCUT2D eigenvalue weighted by Crippen LogP contribution is 2.31. The van der Waals surface area contributed by atoms with E-state index in [1.165, 1.54) is 11.8 Å². The van der Waals surface area contributed by atoms with Gasteiger partial charge in [-0.15, -0.1) is 10.2 Å². The lowest BCUT2D eigenvalue weighted by molar-refractivity contribution is -0.113. The number of anilines is 1. The molecule has 0 atom stereocenters. The predicted octanol–water partition coefficient (Wildman–Crippen LogP) is 3.65. The van der Waals surface area contributed by atoms with Crippen LogP contribution in [0.1, 0.15) is 29.2 Å². The van der Waals surface area contributed by atoms with Gasteiger partial charge in [0.15, 0.2) is 16.1 Å². The molecule has 1 amide bonds. The topological polar surface area (TPSA) is 108 Å². The van der Waals surface area contributed by atoms with Crippen molar-refractivity contribution in [1.82, 2.24) is 19.7 Å². The van der Waals surface area contributed by atoms with Gasteiger partial charge in [-0.2, -0.15) is 0 Å². The number of carbonyl (C=O) groups is 2. The average Bonchev–Trinajstić information content (AvgIpc) is 3.34.